The van der Waals surface area contributed by atoms with Gasteiger partial charge in [0.2, 0.25) is 5.91 Å². The van der Waals surface area contributed by atoms with Crippen LogP contribution in [0, 0.1) is 0 Å². The normalized spacial score (nSPS) is 18.6. The molecule has 2 atom stereocenters. The summed E-state index contributed by atoms with van der Waals surface area (Å²) in [6.07, 6.45) is 7.69. The van der Waals surface area contributed by atoms with Gasteiger partial charge in [0, 0.05) is 24.4 Å². The minimum Gasteiger partial charge on any atom is -0.481 e. The Morgan fingerprint density at radius 2 is 2.08 bits per heavy atom. The van der Waals surface area contributed by atoms with Crippen LogP contribution in [0.2, 0.25) is 5.02 Å². The van der Waals surface area contributed by atoms with Crippen molar-refractivity contribution in [3.8, 4) is 0 Å². The Morgan fingerprint density at radius 3 is 2.81 bits per heavy atom. The molecule has 1 aliphatic rings. The smallest absolute Gasteiger partial charge is 0.303 e. The van der Waals surface area contributed by atoms with E-state index in [2.05, 4.69) is 0 Å². The number of aliphatic hydroxyl groups excluding tert-OH is 1. The fourth-order valence-electron chi connectivity index (χ4n) is 3.19. The van der Waals surface area contributed by atoms with E-state index in [1.807, 2.05) is 17.0 Å². The maximum absolute atomic E-state index is 12.1. The predicted molar refractivity (Wildman–Crippen MR) is 101 cm³/mol. The molecule has 1 heterocycles. The molecule has 1 aromatic rings. The van der Waals surface area contributed by atoms with Crippen LogP contribution in [0.15, 0.2) is 36.4 Å². The standard InChI is InChI=1S/C20H26ClNO4/c21-16-7-5-6-15(14-16)18(23)11-9-17-10-12-19(24)22(17)13-4-2-1-3-8-20(25)26/h5-7,9,11,14,17-18,23H,1-4,8,10,12-13H2,(H,25,26)/b11-9+/t17-,18+/m0/s1. The van der Waals surface area contributed by atoms with Gasteiger partial charge >= 0.3 is 5.97 Å². The summed E-state index contributed by atoms with van der Waals surface area (Å²) >= 11 is 5.95. The summed E-state index contributed by atoms with van der Waals surface area (Å²) in [5.41, 5.74) is 0.725. The third-order valence-electron chi connectivity index (χ3n) is 4.62. The van der Waals surface area contributed by atoms with E-state index in [4.69, 9.17) is 16.7 Å². The molecule has 0 radical (unpaired) electrons. The number of benzene rings is 1. The molecule has 0 aromatic heterocycles. The molecular weight excluding hydrogens is 354 g/mol. The lowest BCUT2D eigenvalue weighted by molar-refractivity contribution is -0.137. The number of carbonyl (C=O) groups excluding carboxylic acids is 1. The predicted octanol–water partition coefficient (Wildman–Crippen LogP) is 3.96. The third kappa shape index (κ3) is 6.46. The first-order chi connectivity index (χ1) is 12.5. The number of nitrogens with zero attached hydrogens (tertiary/aromatic N) is 1. The van der Waals surface area contributed by atoms with Crippen molar-refractivity contribution in [1.82, 2.24) is 4.90 Å². The van der Waals surface area contributed by atoms with Crippen LogP contribution in [0.25, 0.3) is 0 Å². The molecule has 1 aliphatic heterocycles. The van der Waals surface area contributed by atoms with E-state index in [-0.39, 0.29) is 18.4 Å². The zero-order valence-corrected chi connectivity index (χ0v) is 15.6. The molecule has 26 heavy (non-hydrogen) atoms. The minimum atomic E-state index is -0.761. The number of amides is 1. The Labute approximate surface area is 159 Å². The van der Waals surface area contributed by atoms with Crippen molar-refractivity contribution in [3.05, 3.63) is 47.0 Å². The highest BCUT2D eigenvalue weighted by atomic mass is 35.5. The Kier molecular flexibility index (Phi) is 8.13. The first-order valence-corrected chi connectivity index (χ1v) is 9.48. The summed E-state index contributed by atoms with van der Waals surface area (Å²) in [6.45, 7) is 0.675. The zero-order valence-electron chi connectivity index (χ0n) is 14.8. The fourth-order valence-corrected chi connectivity index (χ4v) is 3.39. The van der Waals surface area contributed by atoms with Crippen LogP contribution in [0.5, 0.6) is 0 Å². The molecule has 0 unspecified atom stereocenters. The largest absolute Gasteiger partial charge is 0.481 e. The molecular formula is C20H26ClNO4. The van der Waals surface area contributed by atoms with Crippen LogP contribution in [0.1, 0.15) is 56.6 Å². The van der Waals surface area contributed by atoms with E-state index < -0.39 is 12.1 Å². The van der Waals surface area contributed by atoms with Gasteiger partial charge in [-0.2, -0.15) is 0 Å². The van der Waals surface area contributed by atoms with E-state index in [1.54, 1.807) is 24.3 Å². The first kappa shape index (κ1) is 20.5. The Morgan fingerprint density at radius 1 is 1.31 bits per heavy atom. The number of unbranched alkanes of at least 4 members (excludes halogenated alkanes) is 3. The number of rotatable bonds is 10. The fraction of sp³-hybridized carbons (Fsp3) is 0.500. The van der Waals surface area contributed by atoms with Crippen molar-refractivity contribution in [2.24, 2.45) is 0 Å². The molecule has 1 amide bonds. The van der Waals surface area contributed by atoms with Crippen molar-refractivity contribution in [1.29, 1.82) is 0 Å². The van der Waals surface area contributed by atoms with E-state index >= 15 is 0 Å². The highest BCUT2D eigenvalue weighted by Gasteiger charge is 2.28. The summed E-state index contributed by atoms with van der Waals surface area (Å²) in [5.74, 6) is -0.620. The van der Waals surface area contributed by atoms with Crippen LogP contribution >= 0.6 is 11.6 Å². The van der Waals surface area contributed by atoms with Crippen molar-refractivity contribution in [2.75, 3.05) is 6.54 Å². The lowest BCUT2D eigenvalue weighted by atomic mass is 10.1. The number of aliphatic carboxylic acids is 1. The first-order valence-electron chi connectivity index (χ1n) is 9.10. The second-order valence-corrected chi connectivity index (χ2v) is 7.07. The van der Waals surface area contributed by atoms with Crippen LogP contribution in [0.4, 0.5) is 0 Å². The van der Waals surface area contributed by atoms with Gasteiger partial charge < -0.3 is 15.1 Å². The van der Waals surface area contributed by atoms with Gasteiger partial charge in [0.25, 0.3) is 0 Å². The quantitative estimate of drug-likeness (QED) is 0.476. The molecule has 6 heteroatoms. The number of hydrogen-bond donors (Lipinski definition) is 2. The van der Waals surface area contributed by atoms with Crippen LogP contribution in [-0.2, 0) is 9.59 Å². The van der Waals surface area contributed by atoms with Gasteiger partial charge in [-0.05, 0) is 37.0 Å². The number of hydrogen-bond acceptors (Lipinski definition) is 3. The zero-order chi connectivity index (χ0) is 18.9. The summed E-state index contributed by atoms with van der Waals surface area (Å²) < 4.78 is 0. The monoisotopic (exact) mass is 379 g/mol. The van der Waals surface area contributed by atoms with Gasteiger partial charge in [-0.1, -0.05) is 48.7 Å². The second kappa shape index (κ2) is 10.3. The van der Waals surface area contributed by atoms with Crippen LogP contribution < -0.4 is 0 Å². The SMILES string of the molecule is O=C(O)CCCCCCN1C(=O)CC[C@@H]1/C=C/[C@@H](O)c1cccc(Cl)c1. The van der Waals surface area contributed by atoms with Gasteiger partial charge in [-0.15, -0.1) is 0 Å². The van der Waals surface area contributed by atoms with Gasteiger partial charge in [-0.25, -0.2) is 0 Å². The summed E-state index contributed by atoms with van der Waals surface area (Å²) in [5, 5.41) is 19.5. The minimum absolute atomic E-state index is 0.00959. The van der Waals surface area contributed by atoms with Crippen molar-refractivity contribution >= 4 is 23.5 Å². The number of carbonyl (C=O) groups is 2. The molecule has 0 spiro atoms. The van der Waals surface area contributed by atoms with E-state index in [0.717, 1.165) is 31.2 Å². The molecule has 142 valence electrons. The maximum atomic E-state index is 12.1. The Bertz CT molecular complexity index is 646. The highest BCUT2D eigenvalue weighted by molar-refractivity contribution is 6.30. The van der Waals surface area contributed by atoms with Gasteiger partial charge in [0.15, 0.2) is 0 Å². The number of likely N-dealkylation sites (tertiary alicyclic amines) is 1. The number of halogens is 1. The number of carboxylic acids is 1. The lowest BCUT2D eigenvalue weighted by Gasteiger charge is -2.22. The Balaban J connectivity index is 1.81. The van der Waals surface area contributed by atoms with Gasteiger partial charge in [-0.3, -0.25) is 9.59 Å². The molecule has 0 aliphatic carbocycles. The van der Waals surface area contributed by atoms with E-state index in [9.17, 15) is 14.7 Å². The van der Waals surface area contributed by atoms with Crippen molar-refractivity contribution in [3.63, 3.8) is 0 Å². The molecule has 0 saturated carbocycles. The molecule has 2 rings (SSSR count). The van der Waals surface area contributed by atoms with Crippen LogP contribution in [-0.4, -0.2) is 39.6 Å². The van der Waals surface area contributed by atoms with Gasteiger partial charge in [0.1, 0.15) is 0 Å². The topological polar surface area (TPSA) is 77.8 Å². The third-order valence-corrected chi connectivity index (χ3v) is 4.86. The second-order valence-electron chi connectivity index (χ2n) is 6.64. The lowest BCUT2D eigenvalue weighted by Crippen LogP contribution is -2.32. The molecule has 0 bridgehead atoms. The Hall–Kier alpha value is -1.85. The molecule has 1 fully saturated rings. The maximum Gasteiger partial charge on any atom is 0.303 e. The molecule has 2 N–H and O–H groups in total. The molecule has 1 aromatic carbocycles. The molecule has 1 saturated heterocycles. The van der Waals surface area contributed by atoms with Crippen LogP contribution in [0.3, 0.4) is 0 Å². The van der Waals surface area contributed by atoms with E-state index in [0.29, 0.717) is 24.4 Å². The summed E-state index contributed by atoms with van der Waals surface area (Å²) in [4.78, 5) is 24.4. The van der Waals surface area contributed by atoms with Crippen molar-refractivity contribution < 1.29 is 19.8 Å². The van der Waals surface area contributed by atoms with E-state index in [1.165, 1.54) is 0 Å². The molecule has 5 nitrogen and oxygen atoms in total. The highest BCUT2D eigenvalue weighted by Crippen LogP contribution is 2.23. The average Bonchev–Trinajstić information content (AvgIpc) is 2.95. The number of carboxylic acid groups (broad SMARTS) is 1. The van der Waals surface area contributed by atoms with Gasteiger partial charge in [0.05, 0.1) is 12.1 Å². The summed E-state index contributed by atoms with van der Waals surface area (Å²) in [6, 6.07) is 7.11. The number of aliphatic hydroxyl groups is 1. The van der Waals surface area contributed by atoms with Crippen molar-refractivity contribution in [2.45, 2.75) is 57.1 Å². The summed E-state index contributed by atoms with van der Waals surface area (Å²) in [7, 11) is 0. The average molecular weight is 380 g/mol.